The number of anilines is 1. The van der Waals surface area contributed by atoms with Crippen LogP contribution in [0.3, 0.4) is 0 Å². The third-order valence-electron chi connectivity index (χ3n) is 6.97. The van der Waals surface area contributed by atoms with Crippen molar-refractivity contribution in [2.75, 3.05) is 18.4 Å². The van der Waals surface area contributed by atoms with Crippen LogP contribution in [0.2, 0.25) is 0 Å². The molecule has 1 N–H and O–H groups in total. The number of hydrogen-bond acceptors (Lipinski definition) is 8. The first-order valence-corrected chi connectivity index (χ1v) is 14.3. The number of fused-ring (bicyclic) bond motifs is 2. The average molecular weight is 568 g/mol. The summed E-state index contributed by atoms with van der Waals surface area (Å²) in [5.41, 5.74) is 5.58. The molecule has 12 heteroatoms. The third kappa shape index (κ3) is 5.75. The van der Waals surface area contributed by atoms with Crippen molar-refractivity contribution in [2.45, 2.75) is 44.6 Å². The van der Waals surface area contributed by atoms with Crippen molar-refractivity contribution in [3.8, 4) is 6.07 Å². The molecule has 0 saturated carbocycles. The molecule has 1 aromatic carbocycles. The Balaban J connectivity index is 1.09. The summed E-state index contributed by atoms with van der Waals surface area (Å²) in [6, 6.07) is 12.4. The molecule has 39 heavy (non-hydrogen) atoms. The lowest BCUT2D eigenvalue weighted by Gasteiger charge is -2.32. The van der Waals surface area contributed by atoms with Crippen LogP contribution in [0, 0.1) is 11.3 Å². The SMILES string of the molecule is N#Cc1cc2cc(CN3CCC(Nc4ncnc5sc(CC(F)(F)F)cc45)CC3)ccc2n1Cc1cscn1. The fraction of sp³-hybridized carbons (Fsp3) is 0.333. The number of thiazole rings is 1. The van der Waals surface area contributed by atoms with Gasteiger partial charge >= 0.3 is 6.18 Å². The van der Waals surface area contributed by atoms with Crippen LogP contribution in [0.4, 0.5) is 19.0 Å². The van der Waals surface area contributed by atoms with Gasteiger partial charge in [0.25, 0.3) is 0 Å². The van der Waals surface area contributed by atoms with Gasteiger partial charge in [-0.15, -0.1) is 22.7 Å². The zero-order valence-corrected chi connectivity index (χ0v) is 22.4. The quantitative estimate of drug-likeness (QED) is 0.252. The zero-order valence-electron chi connectivity index (χ0n) is 20.8. The second-order valence-corrected chi connectivity index (χ2v) is 11.6. The van der Waals surface area contributed by atoms with Gasteiger partial charge in [-0.1, -0.05) is 6.07 Å². The van der Waals surface area contributed by atoms with Gasteiger partial charge in [-0.05, 0) is 42.7 Å². The van der Waals surface area contributed by atoms with Crippen LogP contribution in [0.5, 0.6) is 0 Å². The highest BCUT2D eigenvalue weighted by atomic mass is 32.1. The Morgan fingerprint density at radius 3 is 2.67 bits per heavy atom. The maximum atomic E-state index is 12.9. The molecule has 1 aliphatic rings. The average Bonchev–Trinajstić information content (AvgIpc) is 3.64. The van der Waals surface area contributed by atoms with Gasteiger partial charge in [0, 0.05) is 46.8 Å². The van der Waals surface area contributed by atoms with Gasteiger partial charge in [-0.25, -0.2) is 15.0 Å². The molecule has 0 aliphatic carbocycles. The summed E-state index contributed by atoms with van der Waals surface area (Å²) in [6.07, 6.45) is -1.99. The van der Waals surface area contributed by atoms with E-state index in [1.165, 1.54) is 11.9 Å². The maximum absolute atomic E-state index is 12.9. The summed E-state index contributed by atoms with van der Waals surface area (Å²) in [5, 5.41) is 16.8. The number of aromatic nitrogens is 4. The van der Waals surface area contributed by atoms with Crippen LogP contribution in [0.1, 0.15) is 34.7 Å². The van der Waals surface area contributed by atoms with Gasteiger partial charge in [-0.2, -0.15) is 18.4 Å². The van der Waals surface area contributed by atoms with Crippen molar-refractivity contribution >= 4 is 49.6 Å². The molecular weight excluding hydrogens is 543 g/mol. The molecule has 0 atom stereocenters. The Morgan fingerprint density at radius 2 is 1.92 bits per heavy atom. The van der Waals surface area contributed by atoms with Crippen LogP contribution in [0.25, 0.3) is 21.1 Å². The van der Waals surface area contributed by atoms with E-state index in [2.05, 4.69) is 49.4 Å². The summed E-state index contributed by atoms with van der Waals surface area (Å²) in [4.78, 5) is 16.1. The van der Waals surface area contributed by atoms with Gasteiger partial charge < -0.3 is 9.88 Å². The predicted octanol–water partition coefficient (Wildman–Crippen LogP) is 6.20. The van der Waals surface area contributed by atoms with E-state index < -0.39 is 12.6 Å². The second kappa shape index (κ2) is 10.6. The summed E-state index contributed by atoms with van der Waals surface area (Å²) in [6.45, 7) is 3.16. The van der Waals surface area contributed by atoms with Crippen molar-refractivity contribution in [3.63, 3.8) is 0 Å². The number of alkyl halides is 3. The van der Waals surface area contributed by atoms with Crippen LogP contribution >= 0.6 is 22.7 Å². The number of piperidine rings is 1. The number of rotatable bonds is 7. The Labute approximate surface area is 230 Å². The minimum atomic E-state index is -4.25. The first-order valence-electron chi connectivity index (χ1n) is 12.5. The van der Waals surface area contributed by atoms with Crippen molar-refractivity contribution in [1.29, 1.82) is 5.26 Å². The molecule has 5 heterocycles. The van der Waals surface area contributed by atoms with E-state index in [-0.39, 0.29) is 10.9 Å². The molecule has 1 fully saturated rings. The molecule has 5 aromatic rings. The third-order valence-corrected chi connectivity index (χ3v) is 8.65. The van der Waals surface area contributed by atoms with Gasteiger partial charge in [0.05, 0.1) is 29.6 Å². The number of halogens is 3. The highest BCUT2D eigenvalue weighted by molar-refractivity contribution is 7.18. The van der Waals surface area contributed by atoms with Gasteiger partial charge in [-0.3, -0.25) is 4.90 Å². The number of benzene rings is 1. The topological polar surface area (TPSA) is 82.7 Å². The number of nitriles is 1. The number of nitrogens with zero attached hydrogens (tertiary/aromatic N) is 6. The van der Waals surface area contributed by atoms with Crippen molar-refractivity contribution in [2.24, 2.45) is 0 Å². The molecule has 0 radical (unpaired) electrons. The van der Waals surface area contributed by atoms with E-state index in [4.69, 9.17) is 0 Å². The fourth-order valence-corrected chi connectivity index (χ4v) is 6.73. The van der Waals surface area contributed by atoms with E-state index in [1.807, 2.05) is 16.0 Å². The number of hydrogen-bond donors (Lipinski definition) is 1. The largest absolute Gasteiger partial charge is 0.393 e. The van der Waals surface area contributed by atoms with Gasteiger partial charge in [0.15, 0.2) is 0 Å². The molecule has 1 aliphatic heterocycles. The van der Waals surface area contributed by atoms with E-state index in [0.29, 0.717) is 28.3 Å². The Hall–Kier alpha value is -3.53. The van der Waals surface area contributed by atoms with Crippen molar-refractivity contribution < 1.29 is 13.2 Å². The summed E-state index contributed by atoms with van der Waals surface area (Å²) >= 11 is 2.61. The van der Waals surface area contributed by atoms with E-state index in [9.17, 15) is 18.4 Å². The van der Waals surface area contributed by atoms with Crippen molar-refractivity contribution in [3.05, 3.63) is 69.4 Å². The second-order valence-electron chi connectivity index (χ2n) is 9.74. The van der Waals surface area contributed by atoms with Crippen LogP contribution in [-0.2, 0) is 19.5 Å². The molecule has 0 bridgehead atoms. The minimum Gasteiger partial charge on any atom is -0.367 e. The van der Waals surface area contributed by atoms with Crippen LogP contribution in [0.15, 0.2) is 47.5 Å². The number of nitrogens with one attached hydrogen (secondary N) is 1. The lowest BCUT2D eigenvalue weighted by Crippen LogP contribution is -2.38. The number of likely N-dealkylation sites (tertiary alicyclic amines) is 1. The Kier molecular flexibility index (Phi) is 6.97. The zero-order chi connectivity index (χ0) is 27.0. The molecule has 0 spiro atoms. The summed E-state index contributed by atoms with van der Waals surface area (Å²) in [7, 11) is 0. The van der Waals surface area contributed by atoms with E-state index in [0.717, 1.165) is 60.4 Å². The molecule has 1 saturated heterocycles. The Morgan fingerprint density at radius 1 is 1.08 bits per heavy atom. The highest BCUT2D eigenvalue weighted by Gasteiger charge is 2.29. The smallest absolute Gasteiger partial charge is 0.367 e. The van der Waals surface area contributed by atoms with Gasteiger partial charge in [0.2, 0.25) is 0 Å². The minimum absolute atomic E-state index is 0.186. The van der Waals surface area contributed by atoms with E-state index >= 15 is 0 Å². The molecule has 6 rings (SSSR count). The number of thiophene rings is 1. The predicted molar refractivity (Wildman–Crippen MR) is 147 cm³/mol. The monoisotopic (exact) mass is 567 g/mol. The highest BCUT2D eigenvalue weighted by Crippen LogP contribution is 2.33. The molecule has 0 unspecified atom stereocenters. The lowest BCUT2D eigenvalue weighted by molar-refractivity contribution is -0.126. The first-order chi connectivity index (χ1) is 18.8. The Bertz CT molecular complexity index is 1640. The molecule has 0 amide bonds. The molecular formula is C27H24F3N7S2. The molecule has 4 aromatic heterocycles. The van der Waals surface area contributed by atoms with Crippen LogP contribution in [-0.4, -0.2) is 49.7 Å². The first kappa shape index (κ1) is 25.7. The summed E-state index contributed by atoms with van der Waals surface area (Å²) < 4.78 is 40.6. The van der Waals surface area contributed by atoms with Crippen LogP contribution < -0.4 is 5.32 Å². The normalized spacial score (nSPS) is 15.2. The van der Waals surface area contributed by atoms with Crippen molar-refractivity contribution in [1.82, 2.24) is 24.4 Å². The molecule has 200 valence electrons. The standard InChI is InChI=1S/C27H24F3N7S2/c28-27(29,30)10-22-9-23-25(32-15-33-26(23)39-22)35-19-3-5-36(6-4-19)12-17-1-2-24-18(7-17)8-21(11-31)37(24)13-20-14-38-16-34-20/h1-2,7-9,14-16,19H,3-6,10,12-13H2,(H,32,33,35). The van der Waals surface area contributed by atoms with E-state index in [1.54, 1.807) is 22.9 Å². The maximum Gasteiger partial charge on any atom is 0.393 e. The summed E-state index contributed by atoms with van der Waals surface area (Å²) in [5.74, 6) is 0.601. The molecule has 7 nitrogen and oxygen atoms in total. The fourth-order valence-electron chi connectivity index (χ4n) is 5.15. The lowest BCUT2D eigenvalue weighted by atomic mass is 10.0. The van der Waals surface area contributed by atoms with Gasteiger partial charge in [0.1, 0.15) is 28.7 Å².